The van der Waals surface area contributed by atoms with E-state index < -0.39 is 0 Å². The Hall–Kier alpha value is -4.52. The zero-order valence-electron chi connectivity index (χ0n) is 21.3. The van der Waals surface area contributed by atoms with Crippen molar-refractivity contribution in [2.75, 3.05) is 12.3 Å². The van der Waals surface area contributed by atoms with E-state index in [2.05, 4.69) is 43.3 Å². The molecule has 2 heterocycles. The maximum Gasteiger partial charge on any atom is 0.257 e. The normalized spacial score (nSPS) is 12.0. The Balaban J connectivity index is 1.51. The molecule has 0 fully saturated rings. The minimum atomic E-state index is -0.300. The third-order valence-electron chi connectivity index (χ3n) is 6.34. The van der Waals surface area contributed by atoms with Crippen LogP contribution in [0.1, 0.15) is 47.8 Å². The first-order valence-corrected chi connectivity index (χ1v) is 12.3. The number of nitrogen functional groups attached to an aromatic ring is 1. The molecule has 37 heavy (non-hydrogen) atoms. The molecule has 7 heteroatoms. The smallest absolute Gasteiger partial charge is 0.257 e. The molecular formula is C30H30N6O. The Morgan fingerprint density at radius 3 is 2.27 bits per heavy atom. The zero-order valence-corrected chi connectivity index (χ0v) is 21.3. The number of rotatable bonds is 6. The molecule has 2 aromatic heterocycles. The van der Waals surface area contributed by atoms with E-state index in [-0.39, 0.29) is 22.7 Å². The van der Waals surface area contributed by atoms with Gasteiger partial charge in [0.2, 0.25) is 0 Å². The Morgan fingerprint density at radius 2 is 1.59 bits per heavy atom. The molecule has 3 aromatic carbocycles. The molecule has 0 unspecified atom stereocenters. The standard InChI is InChI=1S/C30H30N6O/c1-30(2,3)22-15-13-21(14-16-22)19-33-36-27(31)25(29(37)32-18-17-20-9-5-4-6-10-20)26-28(36)35-24-12-8-7-11-23(24)34-26/h4-16,19H,17-18,31H2,1-3H3,(H,32,37). The van der Waals surface area contributed by atoms with Crippen LogP contribution in [-0.2, 0) is 11.8 Å². The van der Waals surface area contributed by atoms with Gasteiger partial charge in [0.25, 0.3) is 5.91 Å². The molecule has 0 spiro atoms. The van der Waals surface area contributed by atoms with Crippen LogP contribution in [0.25, 0.3) is 22.2 Å². The Bertz CT molecular complexity index is 1600. The number of amides is 1. The molecule has 5 rings (SSSR count). The van der Waals surface area contributed by atoms with E-state index in [0.717, 1.165) is 11.1 Å². The van der Waals surface area contributed by atoms with Crippen LogP contribution >= 0.6 is 0 Å². The van der Waals surface area contributed by atoms with Crippen LogP contribution in [0.4, 0.5) is 5.82 Å². The highest BCUT2D eigenvalue weighted by Crippen LogP contribution is 2.28. The van der Waals surface area contributed by atoms with Gasteiger partial charge < -0.3 is 11.1 Å². The number of hydrogen-bond acceptors (Lipinski definition) is 5. The number of nitrogens with two attached hydrogens (primary N) is 1. The fourth-order valence-corrected chi connectivity index (χ4v) is 4.24. The van der Waals surface area contributed by atoms with Crippen molar-refractivity contribution in [3.8, 4) is 0 Å². The molecule has 0 aliphatic rings. The second-order valence-electron chi connectivity index (χ2n) is 10.1. The molecule has 0 radical (unpaired) electrons. The Labute approximate surface area is 216 Å². The maximum atomic E-state index is 13.3. The molecule has 0 aliphatic heterocycles. The minimum Gasteiger partial charge on any atom is -0.383 e. The van der Waals surface area contributed by atoms with E-state index in [1.54, 1.807) is 6.21 Å². The highest BCUT2D eigenvalue weighted by molar-refractivity contribution is 6.10. The molecule has 186 valence electrons. The van der Waals surface area contributed by atoms with Gasteiger partial charge in [-0.1, -0.05) is 87.5 Å². The van der Waals surface area contributed by atoms with Gasteiger partial charge in [-0.05, 0) is 40.7 Å². The maximum absolute atomic E-state index is 13.3. The second-order valence-corrected chi connectivity index (χ2v) is 10.1. The van der Waals surface area contributed by atoms with Gasteiger partial charge in [0.1, 0.15) is 16.9 Å². The third kappa shape index (κ3) is 5.07. The fraction of sp³-hybridized carbons (Fsp3) is 0.200. The highest BCUT2D eigenvalue weighted by Gasteiger charge is 2.24. The number of nitrogens with zero attached hydrogens (tertiary/aromatic N) is 4. The van der Waals surface area contributed by atoms with Crippen LogP contribution in [0.3, 0.4) is 0 Å². The lowest BCUT2D eigenvalue weighted by atomic mass is 9.87. The van der Waals surface area contributed by atoms with Crippen molar-refractivity contribution >= 4 is 40.1 Å². The van der Waals surface area contributed by atoms with Crippen molar-refractivity contribution in [3.63, 3.8) is 0 Å². The lowest BCUT2D eigenvalue weighted by Gasteiger charge is -2.18. The summed E-state index contributed by atoms with van der Waals surface area (Å²) < 4.78 is 1.50. The van der Waals surface area contributed by atoms with Crippen LogP contribution in [0, 0.1) is 0 Å². The fourth-order valence-electron chi connectivity index (χ4n) is 4.24. The Kier molecular flexibility index (Phi) is 6.44. The minimum absolute atomic E-state index is 0.0656. The summed E-state index contributed by atoms with van der Waals surface area (Å²) >= 11 is 0. The summed E-state index contributed by atoms with van der Waals surface area (Å²) in [6.45, 7) is 7.01. The van der Waals surface area contributed by atoms with Gasteiger partial charge in [-0.15, -0.1) is 0 Å². The van der Waals surface area contributed by atoms with Crippen LogP contribution in [0.5, 0.6) is 0 Å². The van der Waals surface area contributed by atoms with E-state index >= 15 is 0 Å². The van der Waals surface area contributed by atoms with Crippen molar-refractivity contribution in [1.29, 1.82) is 0 Å². The van der Waals surface area contributed by atoms with Crippen molar-refractivity contribution < 1.29 is 4.79 Å². The molecule has 0 atom stereocenters. The number of nitrogens with one attached hydrogen (secondary N) is 1. The van der Waals surface area contributed by atoms with Gasteiger partial charge in [0, 0.05) is 6.54 Å². The number of carbonyl (C=O) groups excluding carboxylic acids is 1. The van der Waals surface area contributed by atoms with Crippen molar-refractivity contribution in [1.82, 2.24) is 20.0 Å². The monoisotopic (exact) mass is 490 g/mol. The molecule has 7 nitrogen and oxygen atoms in total. The molecule has 0 saturated carbocycles. The molecule has 0 bridgehead atoms. The van der Waals surface area contributed by atoms with E-state index in [0.29, 0.717) is 35.2 Å². The van der Waals surface area contributed by atoms with E-state index in [9.17, 15) is 4.79 Å². The first-order chi connectivity index (χ1) is 17.8. The second kappa shape index (κ2) is 9.85. The van der Waals surface area contributed by atoms with Gasteiger partial charge >= 0.3 is 0 Å². The van der Waals surface area contributed by atoms with E-state index in [4.69, 9.17) is 15.7 Å². The summed E-state index contributed by atoms with van der Waals surface area (Å²) in [5.74, 6) is -0.100. The van der Waals surface area contributed by atoms with E-state index in [1.165, 1.54) is 10.2 Å². The van der Waals surface area contributed by atoms with Crippen LogP contribution in [0.2, 0.25) is 0 Å². The first kappa shape index (κ1) is 24.2. The number of hydrogen-bond donors (Lipinski definition) is 2. The molecule has 0 saturated heterocycles. The van der Waals surface area contributed by atoms with Crippen LogP contribution in [-0.4, -0.2) is 33.3 Å². The van der Waals surface area contributed by atoms with Gasteiger partial charge in [-0.2, -0.15) is 9.78 Å². The van der Waals surface area contributed by atoms with Gasteiger partial charge in [0.05, 0.1) is 17.2 Å². The number of aromatic nitrogens is 3. The number of carbonyl (C=O) groups is 1. The average molecular weight is 491 g/mol. The number of anilines is 1. The summed E-state index contributed by atoms with van der Waals surface area (Å²) in [5.41, 5.74) is 12.4. The van der Waals surface area contributed by atoms with E-state index in [1.807, 2.05) is 66.7 Å². The summed E-state index contributed by atoms with van der Waals surface area (Å²) in [6, 6.07) is 25.8. The third-order valence-corrected chi connectivity index (χ3v) is 6.34. The van der Waals surface area contributed by atoms with Crippen molar-refractivity contribution in [3.05, 3.63) is 101 Å². The summed E-state index contributed by atoms with van der Waals surface area (Å²) in [4.78, 5) is 22.8. The van der Waals surface area contributed by atoms with Gasteiger partial charge in [-0.3, -0.25) is 4.79 Å². The van der Waals surface area contributed by atoms with Gasteiger partial charge in [0.15, 0.2) is 5.65 Å². The predicted molar refractivity (Wildman–Crippen MR) is 150 cm³/mol. The number of benzene rings is 3. The molecular weight excluding hydrogens is 460 g/mol. The van der Waals surface area contributed by atoms with Crippen LogP contribution < -0.4 is 11.1 Å². The molecule has 5 aromatic rings. The highest BCUT2D eigenvalue weighted by atomic mass is 16.1. The lowest BCUT2D eigenvalue weighted by molar-refractivity contribution is 0.0956. The number of para-hydroxylation sites is 2. The topological polar surface area (TPSA) is 98.2 Å². The van der Waals surface area contributed by atoms with Crippen molar-refractivity contribution in [2.45, 2.75) is 32.6 Å². The largest absolute Gasteiger partial charge is 0.383 e. The molecule has 0 aliphatic carbocycles. The predicted octanol–water partition coefficient (Wildman–Crippen LogP) is 5.32. The van der Waals surface area contributed by atoms with Crippen LogP contribution in [0.15, 0.2) is 84.0 Å². The first-order valence-electron chi connectivity index (χ1n) is 12.3. The number of fused-ring (bicyclic) bond motifs is 2. The molecule has 3 N–H and O–H groups in total. The van der Waals surface area contributed by atoms with Gasteiger partial charge in [-0.25, -0.2) is 9.97 Å². The SMILES string of the molecule is CC(C)(C)c1ccc(C=Nn2c(N)c(C(=O)NCCc3ccccc3)c3nc4ccccc4nc32)cc1. The summed E-state index contributed by atoms with van der Waals surface area (Å²) in [7, 11) is 0. The Morgan fingerprint density at radius 1 is 0.946 bits per heavy atom. The lowest BCUT2D eigenvalue weighted by Crippen LogP contribution is -2.26. The summed E-state index contributed by atoms with van der Waals surface area (Å²) in [6.07, 6.45) is 2.43. The quantitative estimate of drug-likeness (QED) is 0.315. The van der Waals surface area contributed by atoms with Crippen molar-refractivity contribution in [2.24, 2.45) is 5.10 Å². The summed E-state index contributed by atoms with van der Waals surface area (Å²) in [5, 5.41) is 7.60. The average Bonchev–Trinajstić information content (AvgIpc) is 3.16. The zero-order chi connectivity index (χ0) is 26.0. The molecule has 1 amide bonds.